The second-order valence-electron chi connectivity index (χ2n) is 3.50. The summed E-state index contributed by atoms with van der Waals surface area (Å²) in [7, 11) is 1.79. The molecule has 0 aliphatic heterocycles. The third-order valence-electron chi connectivity index (χ3n) is 2.24. The number of imidazole rings is 1. The van der Waals surface area contributed by atoms with Gasteiger partial charge in [0.15, 0.2) is 5.65 Å². The number of aliphatic hydroxyl groups is 1. The minimum absolute atomic E-state index is 0.471. The largest absolute Gasteiger partial charge is 0.385 e. The van der Waals surface area contributed by atoms with E-state index in [1.165, 1.54) is 0 Å². The molecular weight excluding hydrogens is 192 g/mol. The summed E-state index contributed by atoms with van der Waals surface area (Å²) < 4.78 is 1.87. The summed E-state index contributed by atoms with van der Waals surface area (Å²) >= 11 is 0. The van der Waals surface area contributed by atoms with E-state index in [0.717, 1.165) is 11.3 Å². The van der Waals surface area contributed by atoms with E-state index < -0.39 is 6.10 Å². The fourth-order valence-electron chi connectivity index (χ4n) is 1.59. The second kappa shape index (κ2) is 3.96. The van der Waals surface area contributed by atoms with Gasteiger partial charge in [-0.2, -0.15) is 0 Å². The standard InChI is InChI=1S/C10H14N4O/c1-7-6-14-4-3-12-9(10(14)13-7)8(15)5-11-2/h3-4,6,8,11,15H,5H2,1-2H3. The van der Waals surface area contributed by atoms with Crippen molar-refractivity contribution in [1.82, 2.24) is 19.7 Å². The van der Waals surface area contributed by atoms with E-state index in [0.29, 0.717) is 12.2 Å². The number of nitrogens with zero attached hydrogens (tertiary/aromatic N) is 3. The van der Waals surface area contributed by atoms with Gasteiger partial charge in [-0.15, -0.1) is 0 Å². The number of hydrogen-bond donors (Lipinski definition) is 2. The van der Waals surface area contributed by atoms with Crippen LogP contribution in [0.2, 0.25) is 0 Å². The van der Waals surface area contributed by atoms with Gasteiger partial charge < -0.3 is 14.8 Å². The third kappa shape index (κ3) is 1.84. The lowest BCUT2D eigenvalue weighted by molar-refractivity contribution is 0.174. The van der Waals surface area contributed by atoms with Crippen LogP contribution < -0.4 is 5.32 Å². The highest BCUT2D eigenvalue weighted by Gasteiger charge is 2.13. The number of fused-ring (bicyclic) bond motifs is 1. The quantitative estimate of drug-likeness (QED) is 0.757. The fourth-order valence-corrected chi connectivity index (χ4v) is 1.59. The van der Waals surface area contributed by atoms with Gasteiger partial charge in [-0.05, 0) is 14.0 Å². The minimum atomic E-state index is -0.625. The molecule has 2 rings (SSSR count). The number of hydrogen-bond acceptors (Lipinski definition) is 4. The van der Waals surface area contributed by atoms with E-state index in [2.05, 4.69) is 15.3 Å². The van der Waals surface area contributed by atoms with Crippen molar-refractivity contribution in [2.75, 3.05) is 13.6 Å². The molecule has 0 saturated heterocycles. The van der Waals surface area contributed by atoms with Crippen molar-refractivity contribution < 1.29 is 5.11 Å². The molecule has 0 amide bonds. The number of aryl methyl sites for hydroxylation is 1. The molecule has 2 aromatic rings. The summed E-state index contributed by atoms with van der Waals surface area (Å²) in [5.41, 5.74) is 2.25. The lowest BCUT2D eigenvalue weighted by Gasteiger charge is -2.09. The van der Waals surface area contributed by atoms with Gasteiger partial charge >= 0.3 is 0 Å². The molecule has 0 fully saturated rings. The first-order valence-corrected chi connectivity index (χ1v) is 4.85. The van der Waals surface area contributed by atoms with Crippen molar-refractivity contribution in [3.05, 3.63) is 30.0 Å². The molecule has 5 nitrogen and oxygen atoms in total. The average Bonchev–Trinajstić information content (AvgIpc) is 2.57. The Hall–Kier alpha value is -1.46. The molecule has 0 saturated carbocycles. The molecule has 1 unspecified atom stereocenters. The number of aliphatic hydroxyl groups excluding tert-OH is 1. The average molecular weight is 206 g/mol. The maximum absolute atomic E-state index is 9.85. The first-order valence-electron chi connectivity index (χ1n) is 4.85. The Labute approximate surface area is 87.8 Å². The smallest absolute Gasteiger partial charge is 0.161 e. The van der Waals surface area contributed by atoms with Crippen molar-refractivity contribution in [1.29, 1.82) is 0 Å². The highest BCUT2D eigenvalue weighted by atomic mass is 16.3. The Bertz CT molecular complexity index is 465. The number of likely N-dealkylation sites (N-methyl/N-ethyl adjacent to an activating group) is 1. The van der Waals surface area contributed by atoms with Crippen LogP contribution in [0.1, 0.15) is 17.5 Å². The normalized spacial score (nSPS) is 13.3. The third-order valence-corrected chi connectivity index (χ3v) is 2.24. The van der Waals surface area contributed by atoms with Crippen molar-refractivity contribution >= 4 is 5.65 Å². The minimum Gasteiger partial charge on any atom is -0.385 e. The highest BCUT2D eigenvalue weighted by Crippen LogP contribution is 2.15. The molecule has 0 aromatic carbocycles. The lowest BCUT2D eigenvalue weighted by Crippen LogP contribution is -2.18. The molecule has 0 spiro atoms. The van der Waals surface area contributed by atoms with Crippen LogP contribution in [0.4, 0.5) is 0 Å². The highest BCUT2D eigenvalue weighted by molar-refractivity contribution is 5.46. The van der Waals surface area contributed by atoms with Gasteiger partial charge in [0, 0.05) is 25.1 Å². The first-order chi connectivity index (χ1) is 7.22. The topological polar surface area (TPSA) is 62.5 Å². The predicted molar refractivity (Wildman–Crippen MR) is 56.6 cm³/mol. The molecule has 0 radical (unpaired) electrons. The van der Waals surface area contributed by atoms with Gasteiger partial charge in [-0.3, -0.25) is 4.98 Å². The van der Waals surface area contributed by atoms with E-state index in [9.17, 15) is 5.11 Å². The van der Waals surface area contributed by atoms with Crippen LogP contribution in [0.15, 0.2) is 18.6 Å². The molecule has 2 N–H and O–H groups in total. The van der Waals surface area contributed by atoms with Crippen molar-refractivity contribution in [3.8, 4) is 0 Å². The molecule has 0 aliphatic carbocycles. The summed E-state index contributed by atoms with van der Waals surface area (Å²) in [6, 6.07) is 0. The Kier molecular flexibility index (Phi) is 2.66. The lowest BCUT2D eigenvalue weighted by atomic mass is 10.2. The molecular formula is C10H14N4O. The zero-order chi connectivity index (χ0) is 10.8. The monoisotopic (exact) mass is 206 g/mol. The van der Waals surface area contributed by atoms with Gasteiger partial charge in [0.2, 0.25) is 0 Å². The molecule has 5 heteroatoms. The Morgan fingerprint density at radius 2 is 2.40 bits per heavy atom. The van der Waals surface area contributed by atoms with Gasteiger partial charge in [-0.1, -0.05) is 0 Å². The van der Waals surface area contributed by atoms with Crippen LogP contribution in [0.3, 0.4) is 0 Å². The Morgan fingerprint density at radius 3 is 3.13 bits per heavy atom. The van der Waals surface area contributed by atoms with Crippen molar-refractivity contribution in [2.24, 2.45) is 0 Å². The summed E-state index contributed by atoms with van der Waals surface area (Å²) in [5, 5.41) is 12.8. The van der Waals surface area contributed by atoms with E-state index in [4.69, 9.17) is 0 Å². The first kappa shape index (κ1) is 10.1. The zero-order valence-electron chi connectivity index (χ0n) is 8.81. The Morgan fingerprint density at radius 1 is 1.60 bits per heavy atom. The summed E-state index contributed by atoms with van der Waals surface area (Å²) in [5.74, 6) is 0. The van der Waals surface area contributed by atoms with Crippen LogP contribution >= 0.6 is 0 Å². The van der Waals surface area contributed by atoms with Crippen LogP contribution in [-0.2, 0) is 0 Å². The molecule has 80 valence electrons. The van der Waals surface area contributed by atoms with Crippen LogP contribution in [0.5, 0.6) is 0 Å². The molecule has 2 heterocycles. The molecule has 0 bridgehead atoms. The van der Waals surface area contributed by atoms with E-state index >= 15 is 0 Å². The zero-order valence-corrected chi connectivity index (χ0v) is 8.81. The van der Waals surface area contributed by atoms with Crippen LogP contribution in [0.25, 0.3) is 5.65 Å². The summed E-state index contributed by atoms with van der Waals surface area (Å²) in [6.07, 6.45) is 4.78. The van der Waals surface area contributed by atoms with E-state index in [1.54, 1.807) is 13.2 Å². The van der Waals surface area contributed by atoms with Gasteiger partial charge in [0.05, 0.1) is 5.69 Å². The molecule has 0 aliphatic rings. The SMILES string of the molecule is CNCC(O)c1nccn2cc(C)nc12. The van der Waals surface area contributed by atoms with Crippen molar-refractivity contribution in [2.45, 2.75) is 13.0 Å². The van der Waals surface area contributed by atoms with Gasteiger partial charge in [0.1, 0.15) is 11.8 Å². The van der Waals surface area contributed by atoms with E-state index in [1.807, 2.05) is 23.7 Å². The van der Waals surface area contributed by atoms with Crippen molar-refractivity contribution in [3.63, 3.8) is 0 Å². The predicted octanol–water partition coefficient (Wildman–Crippen LogP) is 0.291. The summed E-state index contributed by atoms with van der Waals surface area (Å²) in [6.45, 7) is 2.39. The molecule has 15 heavy (non-hydrogen) atoms. The van der Waals surface area contributed by atoms with Crippen LogP contribution in [0, 0.1) is 6.92 Å². The molecule has 2 aromatic heterocycles. The van der Waals surface area contributed by atoms with Crippen LogP contribution in [-0.4, -0.2) is 33.1 Å². The molecule has 1 atom stereocenters. The Balaban J connectivity index is 2.50. The maximum Gasteiger partial charge on any atom is 0.161 e. The number of nitrogens with one attached hydrogen (secondary N) is 1. The fraction of sp³-hybridized carbons (Fsp3) is 0.400. The second-order valence-corrected chi connectivity index (χ2v) is 3.50. The number of aromatic nitrogens is 3. The maximum atomic E-state index is 9.85. The summed E-state index contributed by atoms with van der Waals surface area (Å²) in [4.78, 5) is 8.49. The van der Waals surface area contributed by atoms with Gasteiger partial charge in [-0.25, -0.2) is 4.98 Å². The number of rotatable bonds is 3. The van der Waals surface area contributed by atoms with E-state index in [-0.39, 0.29) is 0 Å². The van der Waals surface area contributed by atoms with Gasteiger partial charge in [0.25, 0.3) is 0 Å².